The highest BCUT2D eigenvalue weighted by Crippen LogP contribution is 2.30. The minimum Gasteiger partial charge on any atom is -0.476 e. The highest BCUT2D eigenvalue weighted by molar-refractivity contribution is 14.1. The van der Waals surface area contributed by atoms with Crippen molar-refractivity contribution in [1.82, 2.24) is 10.6 Å². The Hall–Kier alpha value is -0.760. The van der Waals surface area contributed by atoms with Gasteiger partial charge >= 0.3 is 0 Å². The maximum atomic E-state index is 11.0. The number of rotatable bonds is 3. The van der Waals surface area contributed by atoms with Gasteiger partial charge in [-0.2, -0.15) is 0 Å². The first-order valence-corrected chi connectivity index (χ1v) is 7.95. The maximum absolute atomic E-state index is 11.0. The molecule has 1 saturated heterocycles. The summed E-state index contributed by atoms with van der Waals surface area (Å²) in [7, 11) is 0. The lowest BCUT2D eigenvalue weighted by Gasteiger charge is -2.29. The van der Waals surface area contributed by atoms with Crippen molar-refractivity contribution in [3.8, 4) is 0 Å². The van der Waals surface area contributed by atoms with E-state index < -0.39 is 0 Å². The van der Waals surface area contributed by atoms with Crippen molar-refractivity contribution < 1.29 is 14.3 Å². The van der Waals surface area contributed by atoms with Gasteiger partial charge in [0.05, 0.1) is 4.05 Å². The summed E-state index contributed by atoms with van der Waals surface area (Å²) in [5.41, 5.74) is 1.35. The minimum absolute atomic E-state index is 0.0680. The molecule has 1 amide bonds. The molecule has 2 aliphatic rings. The van der Waals surface area contributed by atoms with Gasteiger partial charge in [-0.25, -0.2) is 0 Å². The lowest BCUT2D eigenvalue weighted by Crippen LogP contribution is -2.45. The Balaban J connectivity index is 1.91. The molecule has 0 radical (unpaired) electrons. The monoisotopic (exact) mass is 392 g/mol. The van der Waals surface area contributed by atoms with E-state index in [1.807, 2.05) is 6.08 Å². The first-order valence-electron chi connectivity index (χ1n) is 6.70. The zero-order valence-corrected chi connectivity index (χ0v) is 14.2. The Morgan fingerprint density at radius 1 is 1.50 bits per heavy atom. The van der Waals surface area contributed by atoms with Gasteiger partial charge < -0.3 is 20.1 Å². The molecule has 0 spiro atoms. The molecule has 6 heteroatoms. The van der Waals surface area contributed by atoms with E-state index in [0.29, 0.717) is 13.2 Å². The van der Waals surface area contributed by atoms with E-state index in [4.69, 9.17) is 9.47 Å². The van der Waals surface area contributed by atoms with E-state index >= 15 is 0 Å². The van der Waals surface area contributed by atoms with E-state index in [9.17, 15) is 4.79 Å². The van der Waals surface area contributed by atoms with E-state index in [1.54, 1.807) is 0 Å². The second-order valence-electron chi connectivity index (χ2n) is 5.97. The van der Waals surface area contributed by atoms with Crippen LogP contribution in [0.5, 0.6) is 0 Å². The van der Waals surface area contributed by atoms with Crippen LogP contribution in [0.15, 0.2) is 23.6 Å². The number of nitrogens with one attached hydrogen (secondary N) is 2. The van der Waals surface area contributed by atoms with Crippen LogP contribution in [0.1, 0.15) is 20.8 Å². The molecule has 1 fully saturated rings. The van der Waals surface area contributed by atoms with Crippen LogP contribution in [0.4, 0.5) is 0 Å². The number of carbonyl (C=O) groups is 1. The molecule has 0 aromatic rings. The SMILES string of the molecule is CC(C)(C)C1=CC(I)NC(OC[C@@H]2CNC(=O)CO2)=C1. The zero-order valence-electron chi connectivity index (χ0n) is 12.0. The highest BCUT2D eigenvalue weighted by atomic mass is 127. The third-order valence-electron chi connectivity index (χ3n) is 3.16. The summed E-state index contributed by atoms with van der Waals surface area (Å²) in [6.07, 6.45) is 4.15. The number of morpholine rings is 1. The molecule has 2 atom stereocenters. The average Bonchev–Trinajstić information content (AvgIpc) is 2.36. The molecule has 0 aliphatic carbocycles. The van der Waals surface area contributed by atoms with Crippen molar-refractivity contribution in [2.24, 2.45) is 5.41 Å². The van der Waals surface area contributed by atoms with Crippen molar-refractivity contribution in [2.75, 3.05) is 19.8 Å². The van der Waals surface area contributed by atoms with Crippen LogP contribution in [0.2, 0.25) is 0 Å². The second-order valence-corrected chi connectivity index (χ2v) is 7.32. The van der Waals surface area contributed by atoms with Crippen LogP contribution in [0.3, 0.4) is 0 Å². The van der Waals surface area contributed by atoms with Crippen LogP contribution >= 0.6 is 22.6 Å². The largest absolute Gasteiger partial charge is 0.476 e. The van der Waals surface area contributed by atoms with Gasteiger partial charge in [-0.1, -0.05) is 43.4 Å². The standard InChI is InChI=1S/C14H21IN2O3/c1-14(2,3)9-4-11(15)17-13(5-9)20-7-10-6-16-12(18)8-19-10/h4-5,10-11,17H,6-8H2,1-3H3,(H,16,18)/t10-,11?/m0/s1. The second kappa shape index (κ2) is 6.34. The summed E-state index contributed by atoms with van der Waals surface area (Å²) < 4.78 is 11.4. The summed E-state index contributed by atoms with van der Waals surface area (Å²) in [5.74, 6) is 0.693. The Morgan fingerprint density at radius 2 is 2.25 bits per heavy atom. The molecule has 112 valence electrons. The summed E-state index contributed by atoms with van der Waals surface area (Å²) in [4.78, 5) is 11.0. The lowest BCUT2D eigenvalue weighted by atomic mass is 9.85. The molecule has 0 aromatic carbocycles. The van der Waals surface area contributed by atoms with E-state index in [2.05, 4.69) is 60.1 Å². The smallest absolute Gasteiger partial charge is 0.246 e. The quantitative estimate of drug-likeness (QED) is 0.436. The number of hydrogen-bond acceptors (Lipinski definition) is 4. The van der Waals surface area contributed by atoms with Gasteiger partial charge in [0.15, 0.2) is 5.88 Å². The molecule has 0 saturated carbocycles. The van der Waals surface area contributed by atoms with Crippen LogP contribution < -0.4 is 10.6 Å². The molecule has 0 aromatic heterocycles. The Kier molecular flexibility index (Phi) is 4.95. The first kappa shape index (κ1) is 15.6. The topological polar surface area (TPSA) is 59.6 Å². The minimum atomic E-state index is -0.0907. The molecule has 5 nitrogen and oxygen atoms in total. The van der Waals surface area contributed by atoms with Crippen molar-refractivity contribution in [3.05, 3.63) is 23.6 Å². The number of ether oxygens (including phenoxy) is 2. The van der Waals surface area contributed by atoms with Gasteiger partial charge in [0.1, 0.15) is 19.3 Å². The summed E-state index contributed by atoms with van der Waals surface area (Å²) in [6, 6.07) is 0. The number of alkyl halides is 1. The van der Waals surface area contributed by atoms with Gasteiger partial charge in [0.25, 0.3) is 0 Å². The Labute approximate surface area is 133 Å². The number of carbonyl (C=O) groups excluding carboxylic acids is 1. The molecule has 2 aliphatic heterocycles. The molecule has 2 heterocycles. The third kappa shape index (κ3) is 4.37. The molecule has 20 heavy (non-hydrogen) atoms. The average molecular weight is 392 g/mol. The molecule has 2 rings (SSSR count). The fraction of sp³-hybridized carbons (Fsp3) is 0.643. The van der Waals surface area contributed by atoms with Gasteiger partial charge in [-0.15, -0.1) is 0 Å². The summed E-state index contributed by atoms with van der Waals surface area (Å²) in [6.45, 7) is 7.59. The molecule has 1 unspecified atom stereocenters. The fourth-order valence-electron chi connectivity index (χ4n) is 1.94. The predicted octanol–water partition coefficient (Wildman–Crippen LogP) is 1.70. The van der Waals surface area contributed by atoms with Crippen molar-refractivity contribution in [1.29, 1.82) is 0 Å². The van der Waals surface area contributed by atoms with Crippen molar-refractivity contribution in [2.45, 2.75) is 30.9 Å². The lowest BCUT2D eigenvalue weighted by molar-refractivity contribution is -0.135. The number of amides is 1. The van der Waals surface area contributed by atoms with Crippen LogP contribution in [0.25, 0.3) is 0 Å². The van der Waals surface area contributed by atoms with Crippen LogP contribution in [-0.4, -0.2) is 35.8 Å². The zero-order chi connectivity index (χ0) is 14.8. The van der Waals surface area contributed by atoms with Crippen LogP contribution in [-0.2, 0) is 14.3 Å². The normalized spacial score (nSPS) is 27.1. The highest BCUT2D eigenvalue weighted by Gasteiger charge is 2.23. The van der Waals surface area contributed by atoms with E-state index in [-0.39, 0.29) is 28.1 Å². The van der Waals surface area contributed by atoms with Gasteiger partial charge in [0, 0.05) is 12.6 Å². The fourth-order valence-corrected chi connectivity index (χ4v) is 2.63. The number of allylic oxidation sites excluding steroid dienone is 2. The maximum Gasteiger partial charge on any atom is 0.246 e. The van der Waals surface area contributed by atoms with Crippen molar-refractivity contribution in [3.63, 3.8) is 0 Å². The van der Waals surface area contributed by atoms with Gasteiger partial charge in [-0.3, -0.25) is 4.79 Å². The van der Waals surface area contributed by atoms with E-state index in [0.717, 1.165) is 5.88 Å². The number of hydrogen-bond donors (Lipinski definition) is 2. The third-order valence-corrected chi connectivity index (χ3v) is 3.83. The van der Waals surface area contributed by atoms with Gasteiger partial charge in [0.2, 0.25) is 5.91 Å². The molecular weight excluding hydrogens is 371 g/mol. The molecule has 0 bridgehead atoms. The summed E-state index contributed by atoms with van der Waals surface area (Å²) >= 11 is 2.33. The van der Waals surface area contributed by atoms with Gasteiger partial charge in [-0.05, 0) is 17.1 Å². The molecule has 2 N–H and O–H groups in total. The molecular formula is C14H21IN2O3. The van der Waals surface area contributed by atoms with E-state index in [1.165, 1.54) is 5.57 Å². The number of halogens is 1. The van der Waals surface area contributed by atoms with Crippen LogP contribution in [0, 0.1) is 5.41 Å². The number of dihydropyridines is 1. The Morgan fingerprint density at radius 3 is 2.85 bits per heavy atom. The Bertz CT molecular complexity index is 430. The predicted molar refractivity (Wildman–Crippen MR) is 85.3 cm³/mol. The summed E-state index contributed by atoms with van der Waals surface area (Å²) in [5, 5.41) is 6.04. The van der Waals surface area contributed by atoms with Crippen molar-refractivity contribution >= 4 is 28.5 Å². The first-order chi connectivity index (χ1) is 9.34.